The van der Waals surface area contributed by atoms with Crippen molar-refractivity contribution in [1.82, 2.24) is 10.2 Å². The number of piperidine rings is 1. The zero-order valence-corrected chi connectivity index (χ0v) is 14.9. The lowest BCUT2D eigenvalue weighted by atomic mass is 9.96. The van der Waals surface area contributed by atoms with Crippen LogP contribution >= 0.6 is 0 Å². The summed E-state index contributed by atoms with van der Waals surface area (Å²) in [6.45, 7) is 5.93. The lowest BCUT2D eigenvalue weighted by Crippen LogP contribution is -2.40. The van der Waals surface area contributed by atoms with Crippen LogP contribution in [0, 0.1) is 5.92 Å². The third-order valence-corrected chi connectivity index (χ3v) is 4.40. The Morgan fingerprint density at radius 3 is 2.50 bits per heavy atom. The van der Waals surface area contributed by atoms with Crippen LogP contribution in [0.4, 0.5) is 0 Å². The third-order valence-electron chi connectivity index (χ3n) is 4.40. The van der Waals surface area contributed by atoms with Crippen LogP contribution in [0.1, 0.15) is 32.6 Å². The summed E-state index contributed by atoms with van der Waals surface area (Å²) in [4.78, 5) is 14.3. The van der Waals surface area contributed by atoms with Crippen LogP contribution in [0.25, 0.3) is 0 Å². The number of nitrogens with zero attached hydrogens (tertiary/aromatic N) is 1. The molecule has 1 heterocycles. The number of nitrogens with one attached hydrogen (secondary N) is 1. The van der Waals surface area contributed by atoms with Gasteiger partial charge in [-0.2, -0.15) is 0 Å². The minimum atomic E-state index is 0.250. The van der Waals surface area contributed by atoms with Gasteiger partial charge in [0.05, 0.1) is 13.2 Å². The first kappa shape index (κ1) is 18.6. The second kappa shape index (κ2) is 10.2. The number of amides is 1. The maximum absolute atomic E-state index is 12.3. The van der Waals surface area contributed by atoms with Crippen LogP contribution < -0.4 is 14.8 Å². The Kier molecular flexibility index (Phi) is 7.89. The molecule has 1 aromatic carbocycles. The zero-order valence-electron chi connectivity index (χ0n) is 14.9. The smallest absolute Gasteiger partial charge is 0.222 e. The molecular formula is C19H30N2O3. The summed E-state index contributed by atoms with van der Waals surface area (Å²) in [6.07, 6.45) is 3.48. The quantitative estimate of drug-likeness (QED) is 0.706. The molecule has 1 saturated heterocycles. The monoisotopic (exact) mass is 334 g/mol. The highest BCUT2D eigenvalue weighted by Crippen LogP contribution is 2.26. The fourth-order valence-electron chi connectivity index (χ4n) is 3.08. The van der Waals surface area contributed by atoms with Gasteiger partial charge in [-0.1, -0.05) is 12.1 Å². The van der Waals surface area contributed by atoms with Gasteiger partial charge < -0.3 is 19.7 Å². The highest BCUT2D eigenvalue weighted by Gasteiger charge is 2.21. The van der Waals surface area contributed by atoms with Gasteiger partial charge in [-0.15, -0.1) is 0 Å². The second-order valence-corrected chi connectivity index (χ2v) is 6.21. The second-order valence-electron chi connectivity index (χ2n) is 6.21. The Balaban J connectivity index is 1.66. The normalized spacial score (nSPS) is 15.3. The van der Waals surface area contributed by atoms with Gasteiger partial charge in [0.2, 0.25) is 5.91 Å². The number of hydrogen-bond acceptors (Lipinski definition) is 4. The van der Waals surface area contributed by atoms with E-state index in [-0.39, 0.29) is 5.91 Å². The molecule has 0 saturated carbocycles. The predicted molar refractivity (Wildman–Crippen MR) is 95.6 cm³/mol. The molecule has 0 radical (unpaired) electrons. The molecule has 0 spiro atoms. The van der Waals surface area contributed by atoms with Crippen molar-refractivity contribution in [3.63, 3.8) is 0 Å². The van der Waals surface area contributed by atoms with Crippen molar-refractivity contribution in [2.45, 2.75) is 32.6 Å². The molecule has 1 fully saturated rings. The van der Waals surface area contributed by atoms with Gasteiger partial charge >= 0.3 is 0 Å². The molecule has 0 aliphatic carbocycles. The molecule has 5 nitrogen and oxygen atoms in total. The number of rotatable bonds is 9. The Labute approximate surface area is 145 Å². The number of benzene rings is 1. The van der Waals surface area contributed by atoms with Gasteiger partial charge in [0.15, 0.2) is 11.5 Å². The number of carbonyl (C=O) groups is 1. The third kappa shape index (κ3) is 5.71. The van der Waals surface area contributed by atoms with E-state index >= 15 is 0 Å². The molecule has 2 rings (SSSR count). The number of likely N-dealkylation sites (tertiary alicyclic amines) is 1. The lowest BCUT2D eigenvalue weighted by Gasteiger charge is -2.32. The number of hydrogen-bond donors (Lipinski definition) is 1. The van der Waals surface area contributed by atoms with Crippen LogP contribution in [0.15, 0.2) is 24.3 Å². The van der Waals surface area contributed by atoms with Gasteiger partial charge in [0.1, 0.15) is 0 Å². The van der Waals surface area contributed by atoms with Crippen molar-refractivity contribution in [1.29, 1.82) is 0 Å². The molecule has 0 aromatic heterocycles. The van der Waals surface area contributed by atoms with Crippen molar-refractivity contribution in [3.8, 4) is 11.5 Å². The summed E-state index contributed by atoms with van der Waals surface area (Å²) >= 11 is 0. The summed E-state index contributed by atoms with van der Waals surface area (Å²) in [5.74, 6) is 2.47. The molecule has 1 aromatic rings. The topological polar surface area (TPSA) is 50.8 Å². The van der Waals surface area contributed by atoms with E-state index in [0.29, 0.717) is 25.6 Å². The zero-order chi connectivity index (χ0) is 17.2. The minimum absolute atomic E-state index is 0.250. The maximum atomic E-state index is 12.3. The van der Waals surface area contributed by atoms with Crippen LogP contribution in [0.2, 0.25) is 0 Å². The molecular weight excluding hydrogens is 304 g/mol. The van der Waals surface area contributed by atoms with Crippen LogP contribution in [0.5, 0.6) is 11.5 Å². The number of carbonyl (C=O) groups excluding carboxylic acids is 1. The first-order valence-corrected chi connectivity index (χ1v) is 9.01. The molecule has 0 unspecified atom stereocenters. The average Bonchev–Trinajstić information content (AvgIpc) is 2.61. The van der Waals surface area contributed by atoms with Crippen molar-refractivity contribution in [2.75, 3.05) is 39.9 Å². The fraction of sp³-hybridized carbons (Fsp3) is 0.632. The highest BCUT2D eigenvalue weighted by atomic mass is 16.5. The van der Waals surface area contributed by atoms with E-state index in [0.717, 1.165) is 50.4 Å². The van der Waals surface area contributed by atoms with E-state index in [1.165, 1.54) is 0 Å². The predicted octanol–water partition coefficient (Wildman–Crippen LogP) is 2.70. The molecule has 0 bridgehead atoms. The summed E-state index contributed by atoms with van der Waals surface area (Å²) in [7, 11) is 1.99. The van der Waals surface area contributed by atoms with Gasteiger partial charge in [0, 0.05) is 19.5 Å². The van der Waals surface area contributed by atoms with Gasteiger partial charge in [-0.3, -0.25) is 4.79 Å². The van der Waals surface area contributed by atoms with Crippen LogP contribution in [0.3, 0.4) is 0 Å². The molecule has 5 heteroatoms. The summed E-state index contributed by atoms with van der Waals surface area (Å²) in [5, 5.41) is 3.22. The molecule has 1 aliphatic heterocycles. The van der Waals surface area contributed by atoms with E-state index in [1.807, 2.05) is 43.1 Å². The first-order chi connectivity index (χ1) is 11.7. The van der Waals surface area contributed by atoms with Crippen molar-refractivity contribution < 1.29 is 14.3 Å². The van der Waals surface area contributed by atoms with E-state index in [1.54, 1.807) is 0 Å². The first-order valence-electron chi connectivity index (χ1n) is 9.01. The van der Waals surface area contributed by atoms with Crippen LogP contribution in [-0.2, 0) is 4.79 Å². The Morgan fingerprint density at radius 1 is 1.21 bits per heavy atom. The highest BCUT2D eigenvalue weighted by molar-refractivity contribution is 5.76. The summed E-state index contributed by atoms with van der Waals surface area (Å²) < 4.78 is 11.3. The molecule has 0 atom stereocenters. The minimum Gasteiger partial charge on any atom is -0.490 e. The van der Waals surface area contributed by atoms with Gasteiger partial charge in [-0.05, 0) is 57.8 Å². The standard InChI is InChI=1S/C19H30N2O3/c1-3-23-17-7-4-5-8-18(17)24-14-6-9-19(22)21-12-10-16(11-13-21)15-20-2/h4-5,7-8,16,20H,3,6,9-15H2,1-2H3. The van der Waals surface area contributed by atoms with Gasteiger partial charge in [0.25, 0.3) is 0 Å². The fourth-order valence-corrected chi connectivity index (χ4v) is 3.08. The largest absolute Gasteiger partial charge is 0.490 e. The van der Waals surface area contributed by atoms with Crippen molar-refractivity contribution in [3.05, 3.63) is 24.3 Å². The van der Waals surface area contributed by atoms with E-state index in [2.05, 4.69) is 5.32 Å². The van der Waals surface area contributed by atoms with E-state index in [4.69, 9.17) is 9.47 Å². The molecule has 1 aliphatic rings. The Morgan fingerprint density at radius 2 is 1.88 bits per heavy atom. The van der Waals surface area contributed by atoms with Gasteiger partial charge in [-0.25, -0.2) is 0 Å². The van der Waals surface area contributed by atoms with E-state index < -0.39 is 0 Å². The molecule has 1 amide bonds. The summed E-state index contributed by atoms with van der Waals surface area (Å²) in [5.41, 5.74) is 0. The maximum Gasteiger partial charge on any atom is 0.222 e. The Bertz CT molecular complexity index is 499. The van der Waals surface area contributed by atoms with Crippen molar-refractivity contribution in [2.24, 2.45) is 5.92 Å². The summed E-state index contributed by atoms with van der Waals surface area (Å²) in [6, 6.07) is 7.66. The van der Waals surface area contributed by atoms with Crippen LogP contribution in [-0.4, -0.2) is 50.7 Å². The Hall–Kier alpha value is -1.75. The lowest BCUT2D eigenvalue weighted by molar-refractivity contribution is -0.132. The molecule has 24 heavy (non-hydrogen) atoms. The SMILES string of the molecule is CCOc1ccccc1OCCCC(=O)N1CCC(CNC)CC1. The van der Waals surface area contributed by atoms with Crippen molar-refractivity contribution >= 4 is 5.91 Å². The number of para-hydroxylation sites is 2. The number of ether oxygens (including phenoxy) is 2. The molecule has 1 N–H and O–H groups in total. The van der Waals surface area contributed by atoms with E-state index in [9.17, 15) is 4.79 Å². The molecule has 134 valence electrons. The average molecular weight is 334 g/mol.